The van der Waals surface area contributed by atoms with E-state index in [1.807, 2.05) is 0 Å². The number of carbonyl (C=O) groups is 1. The van der Waals surface area contributed by atoms with Crippen molar-refractivity contribution in [1.82, 2.24) is 24.5 Å². The van der Waals surface area contributed by atoms with Crippen LogP contribution in [0.15, 0.2) is 53.2 Å². The minimum Gasteiger partial charge on any atom is -0.454 e. The van der Waals surface area contributed by atoms with E-state index in [0.29, 0.717) is 17.3 Å². The van der Waals surface area contributed by atoms with Crippen molar-refractivity contribution in [2.75, 3.05) is 5.32 Å². The molecular formula is C20H15F5N6O2. The number of rotatable bonds is 8. The third-order valence-corrected chi connectivity index (χ3v) is 4.49. The van der Waals surface area contributed by atoms with Gasteiger partial charge < -0.3 is 4.42 Å². The van der Waals surface area contributed by atoms with E-state index in [1.165, 1.54) is 35.3 Å². The summed E-state index contributed by atoms with van der Waals surface area (Å²) in [7, 11) is 0. The summed E-state index contributed by atoms with van der Waals surface area (Å²) in [4.78, 5) is 16.3. The highest BCUT2D eigenvalue weighted by Gasteiger charge is 2.22. The van der Waals surface area contributed by atoms with Crippen molar-refractivity contribution in [1.29, 1.82) is 0 Å². The van der Waals surface area contributed by atoms with Gasteiger partial charge in [-0.05, 0) is 35.9 Å². The Labute approximate surface area is 182 Å². The summed E-state index contributed by atoms with van der Waals surface area (Å²) < 4.78 is 72.3. The highest BCUT2D eigenvalue weighted by Crippen LogP contribution is 2.26. The molecule has 1 aromatic carbocycles. The van der Waals surface area contributed by atoms with E-state index in [4.69, 9.17) is 4.42 Å². The Morgan fingerprint density at radius 1 is 1.00 bits per heavy atom. The molecule has 0 aliphatic heterocycles. The zero-order chi connectivity index (χ0) is 23.5. The Bertz CT molecular complexity index is 1250. The molecule has 172 valence electrons. The third-order valence-electron chi connectivity index (χ3n) is 4.49. The summed E-state index contributed by atoms with van der Waals surface area (Å²) >= 11 is 0. The Morgan fingerprint density at radius 2 is 1.76 bits per heavy atom. The SMILES string of the molecule is O=C(Nc1ncn(Cc2ccc(F)cc2)n1)c1ccc(Cn2nc(C(F)F)cc2C(F)F)o1. The van der Waals surface area contributed by atoms with Crippen LogP contribution in [0.2, 0.25) is 0 Å². The molecule has 0 aliphatic rings. The molecule has 0 saturated carbocycles. The van der Waals surface area contributed by atoms with Crippen LogP contribution < -0.4 is 5.32 Å². The second-order valence-corrected chi connectivity index (χ2v) is 6.87. The summed E-state index contributed by atoms with van der Waals surface area (Å²) in [5.41, 5.74) is -0.702. The van der Waals surface area contributed by atoms with Gasteiger partial charge >= 0.3 is 0 Å². The summed E-state index contributed by atoms with van der Waals surface area (Å²) in [6.45, 7) is -0.0742. The Kier molecular flexibility index (Phi) is 6.20. The zero-order valence-electron chi connectivity index (χ0n) is 16.6. The first-order chi connectivity index (χ1) is 15.8. The van der Waals surface area contributed by atoms with Crippen LogP contribution in [0.25, 0.3) is 0 Å². The van der Waals surface area contributed by atoms with Crippen molar-refractivity contribution in [3.05, 3.63) is 83.1 Å². The maximum absolute atomic E-state index is 13.1. The van der Waals surface area contributed by atoms with Crippen molar-refractivity contribution in [2.45, 2.75) is 25.9 Å². The van der Waals surface area contributed by atoms with Crippen molar-refractivity contribution < 1.29 is 31.2 Å². The molecule has 1 amide bonds. The van der Waals surface area contributed by atoms with Gasteiger partial charge in [-0.2, -0.15) is 5.10 Å². The van der Waals surface area contributed by atoms with Gasteiger partial charge in [0.1, 0.15) is 29.3 Å². The molecule has 3 aromatic heterocycles. The molecule has 0 fully saturated rings. The minimum atomic E-state index is -3.01. The van der Waals surface area contributed by atoms with Gasteiger partial charge in [-0.25, -0.2) is 31.6 Å². The number of amides is 1. The van der Waals surface area contributed by atoms with Crippen molar-refractivity contribution in [3.8, 4) is 0 Å². The number of furan rings is 1. The van der Waals surface area contributed by atoms with Gasteiger partial charge in [-0.1, -0.05) is 12.1 Å². The van der Waals surface area contributed by atoms with Gasteiger partial charge in [-0.15, -0.1) is 5.10 Å². The van der Waals surface area contributed by atoms with Gasteiger partial charge in [0, 0.05) is 0 Å². The van der Waals surface area contributed by atoms with Gasteiger partial charge in [0.25, 0.3) is 18.8 Å². The summed E-state index contributed by atoms with van der Waals surface area (Å²) in [6.07, 6.45) is -4.65. The predicted molar refractivity (Wildman–Crippen MR) is 103 cm³/mol. The number of carbonyl (C=O) groups excluding carboxylic acids is 1. The number of hydrogen-bond donors (Lipinski definition) is 1. The number of anilines is 1. The number of aromatic nitrogens is 5. The molecule has 4 rings (SSSR count). The zero-order valence-corrected chi connectivity index (χ0v) is 16.6. The molecule has 0 unspecified atom stereocenters. The quantitative estimate of drug-likeness (QED) is 0.388. The van der Waals surface area contributed by atoms with Crippen LogP contribution in [0.3, 0.4) is 0 Å². The number of nitrogens with one attached hydrogen (secondary N) is 1. The van der Waals surface area contributed by atoms with E-state index in [-0.39, 0.29) is 29.8 Å². The third kappa shape index (κ3) is 5.25. The normalized spacial score (nSPS) is 11.5. The van der Waals surface area contributed by atoms with Crippen LogP contribution in [0, 0.1) is 5.82 Å². The Balaban J connectivity index is 1.41. The lowest BCUT2D eigenvalue weighted by molar-refractivity contribution is 0.0993. The molecule has 1 N–H and O–H groups in total. The monoisotopic (exact) mass is 466 g/mol. The van der Waals surface area contributed by atoms with Gasteiger partial charge in [0.15, 0.2) is 5.76 Å². The van der Waals surface area contributed by atoms with Crippen LogP contribution in [-0.2, 0) is 13.1 Å². The molecule has 8 nitrogen and oxygen atoms in total. The summed E-state index contributed by atoms with van der Waals surface area (Å²) in [5.74, 6) is -1.20. The maximum Gasteiger partial charge on any atom is 0.293 e. The maximum atomic E-state index is 13.1. The van der Waals surface area contributed by atoms with Crippen molar-refractivity contribution in [2.24, 2.45) is 0 Å². The molecule has 33 heavy (non-hydrogen) atoms. The van der Waals surface area contributed by atoms with Crippen LogP contribution in [-0.4, -0.2) is 30.5 Å². The predicted octanol–water partition coefficient (Wildman–Crippen LogP) is 4.43. The minimum absolute atomic E-state index is 0.0197. The summed E-state index contributed by atoms with van der Waals surface area (Å²) in [5, 5.41) is 9.98. The number of alkyl halides is 4. The number of benzene rings is 1. The van der Waals surface area contributed by atoms with E-state index in [9.17, 15) is 26.7 Å². The molecule has 0 atom stereocenters. The van der Waals surface area contributed by atoms with Crippen LogP contribution in [0.1, 0.15) is 46.1 Å². The molecule has 0 saturated heterocycles. The van der Waals surface area contributed by atoms with E-state index < -0.39 is 30.1 Å². The van der Waals surface area contributed by atoms with E-state index in [0.717, 1.165) is 5.56 Å². The molecule has 0 bridgehead atoms. The molecule has 3 heterocycles. The second kappa shape index (κ2) is 9.22. The van der Waals surface area contributed by atoms with Gasteiger partial charge in [-0.3, -0.25) is 14.8 Å². The largest absolute Gasteiger partial charge is 0.454 e. The van der Waals surface area contributed by atoms with Crippen LogP contribution in [0.4, 0.5) is 27.9 Å². The van der Waals surface area contributed by atoms with Crippen LogP contribution in [0.5, 0.6) is 0 Å². The lowest BCUT2D eigenvalue weighted by Crippen LogP contribution is -2.13. The highest BCUT2D eigenvalue weighted by molar-refractivity contribution is 6.01. The smallest absolute Gasteiger partial charge is 0.293 e. The number of nitrogens with zero attached hydrogens (tertiary/aromatic N) is 5. The molecule has 4 aromatic rings. The van der Waals surface area contributed by atoms with E-state index in [1.54, 1.807) is 12.1 Å². The molecule has 0 spiro atoms. The van der Waals surface area contributed by atoms with E-state index >= 15 is 0 Å². The van der Waals surface area contributed by atoms with Gasteiger partial charge in [0.2, 0.25) is 5.95 Å². The summed E-state index contributed by atoms with van der Waals surface area (Å²) in [6, 6.07) is 9.05. The first-order valence-corrected chi connectivity index (χ1v) is 9.46. The van der Waals surface area contributed by atoms with Crippen molar-refractivity contribution >= 4 is 11.9 Å². The molecule has 0 aliphatic carbocycles. The van der Waals surface area contributed by atoms with Gasteiger partial charge in [0.05, 0.1) is 13.1 Å². The first-order valence-electron chi connectivity index (χ1n) is 9.46. The fraction of sp³-hybridized carbons (Fsp3) is 0.200. The van der Waals surface area contributed by atoms with Crippen molar-refractivity contribution in [3.63, 3.8) is 0 Å². The fourth-order valence-corrected chi connectivity index (χ4v) is 2.96. The number of hydrogen-bond acceptors (Lipinski definition) is 5. The lowest BCUT2D eigenvalue weighted by atomic mass is 10.2. The average molecular weight is 466 g/mol. The molecule has 0 radical (unpaired) electrons. The number of halogens is 5. The fourth-order valence-electron chi connectivity index (χ4n) is 2.96. The van der Waals surface area contributed by atoms with Crippen LogP contribution >= 0.6 is 0 Å². The Hall–Kier alpha value is -4.03. The first kappa shape index (κ1) is 22.2. The lowest BCUT2D eigenvalue weighted by Gasteiger charge is -2.04. The Morgan fingerprint density at radius 3 is 2.45 bits per heavy atom. The second-order valence-electron chi connectivity index (χ2n) is 6.87. The highest BCUT2D eigenvalue weighted by atomic mass is 19.3. The molecule has 13 heteroatoms. The topological polar surface area (TPSA) is 90.8 Å². The average Bonchev–Trinajstić information content (AvgIpc) is 3.50. The standard InChI is InChI=1S/C20H15F5N6O2/c21-12-3-1-11(2-4-12)8-30-10-26-20(29-30)27-19(32)16-6-5-13(33-16)9-31-15(18(24)25)7-14(28-31)17(22)23/h1-7,10,17-18H,8-9H2,(H,27,29,32). The molecular weight excluding hydrogens is 451 g/mol. The van der Waals surface area contributed by atoms with E-state index in [2.05, 4.69) is 20.5 Å².